The molecule has 0 nitrogen and oxygen atoms in total. The van der Waals surface area contributed by atoms with Gasteiger partial charge in [0.25, 0.3) is 0 Å². The van der Waals surface area contributed by atoms with E-state index in [4.69, 9.17) is 0 Å². The molecule has 0 amide bonds. The third kappa shape index (κ3) is 71.9. The van der Waals surface area contributed by atoms with Crippen LogP contribution in [0.25, 0.3) is 0 Å². The molecule has 0 atom stereocenters. The smallest absolute Gasteiger partial charge is 0 e. The monoisotopic (exact) mass is 132 g/mol. The quantitative estimate of drug-likeness (QED) is 0.347. The van der Waals surface area contributed by atoms with Crippen LogP contribution in [0.1, 0.15) is 0 Å². The summed E-state index contributed by atoms with van der Waals surface area (Å²) in [4.78, 5) is 0. The molecule has 35 valence electrons. The fraction of sp³-hybridized carbons (Fsp3) is 0.750. The zero-order chi connectivity index (χ0) is 4.50. The Kier molecular flexibility index (Phi) is 5.30. The van der Waals surface area contributed by atoms with Gasteiger partial charge in [-0.05, 0) is 0 Å². The Morgan fingerprint density at radius 2 is 1.17 bits per heavy atom. The molecule has 0 saturated heterocycles. The average molecular weight is 132 g/mol. The van der Waals surface area contributed by atoms with Gasteiger partial charge in [-0.3, -0.25) is 0 Å². The standard InChI is InChI=1S/C4H11Si.Sc/c1-5(2,3)4;/h1H2,2-4H3;/q-1;. The fourth-order valence-electron chi connectivity index (χ4n) is 0. The molecular formula is C4H11ScSi-. The van der Waals surface area contributed by atoms with E-state index in [0.29, 0.717) is 0 Å². The summed E-state index contributed by atoms with van der Waals surface area (Å²) in [6, 6.07) is 0. The topological polar surface area (TPSA) is 0 Å². The summed E-state index contributed by atoms with van der Waals surface area (Å²) in [7, 11) is -0.861. The molecule has 0 aromatic rings. The maximum Gasteiger partial charge on any atom is 0 e. The minimum absolute atomic E-state index is 0. The van der Waals surface area contributed by atoms with Gasteiger partial charge in [0, 0.05) is 25.8 Å². The largest absolute Gasteiger partial charge is 0.342 e. The molecule has 0 aromatic heterocycles. The van der Waals surface area contributed by atoms with Gasteiger partial charge in [0.15, 0.2) is 0 Å². The van der Waals surface area contributed by atoms with Crippen LogP contribution in [0.3, 0.4) is 0 Å². The summed E-state index contributed by atoms with van der Waals surface area (Å²) in [5.41, 5.74) is 0. The Hall–Kier alpha value is 1.09. The van der Waals surface area contributed by atoms with E-state index < -0.39 is 8.07 Å². The third-order valence-corrected chi connectivity index (χ3v) is 0. The van der Waals surface area contributed by atoms with Crippen molar-refractivity contribution in [3.05, 3.63) is 6.55 Å². The SMILES string of the molecule is [CH2-][Si](C)(C)C.[Sc]. The van der Waals surface area contributed by atoms with E-state index in [9.17, 15) is 0 Å². The van der Waals surface area contributed by atoms with E-state index in [1.54, 1.807) is 0 Å². The van der Waals surface area contributed by atoms with E-state index in [1.807, 2.05) is 0 Å². The summed E-state index contributed by atoms with van der Waals surface area (Å²) in [6.07, 6.45) is 0. The van der Waals surface area contributed by atoms with Gasteiger partial charge in [-0.2, -0.15) is 0 Å². The van der Waals surface area contributed by atoms with Gasteiger partial charge >= 0.3 is 0 Å². The Bertz CT molecular complexity index is 23.0. The minimum Gasteiger partial charge on any atom is -0.342 e. The molecule has 2 heteroatoms. The minimum atomic E-state index is -0.861. The molecule has 0 aromatic carbocycles. The molecule has 0 aliphatic rings. The molecule has 0 saturated carbocycles. The molecule has 0 fully saturated rings. The zero-order valence-corrected chi connectivity index (χ0v) is 7.59. The number of hydrogen-bond donors (Lipinski definition) is 0. The Morgan fingerprint density at radius 1 is 1.17 bits per heavy atom. The van der Waals surface area contributed by atoms with Crippen LogP contribution in [0.15, 0.2) is 0 Å². The molecule has 0 spiro atoms. The maximum absolute atomic E-state index is 3.91. The van der Waals surface area contributed by atoms with E-state index in [0.717, 1.165) is 0 Å². The van der Waals surface area contributed by atoms with Crippen molar-refractivity contribution in [2.24, 2.45) is 0 Å². The molecule has 0 bridgehead atoms. The molecular weight excluding hydrogens is 121 g/mol. The molecule has 1 radical (unpaired) electrons. The number of rotatable bonds is 0. The van der Waals surface area contributed by atoms with Crippen molar-refractivity contribution in [2.75, 3.05) is 0 Å². The summed E-state index contributed by atoms with van der Waals surface area (Å²) in [6.45, 7) is 10.6. The van der Waals surface area contributed by atoms with Crippen LogP contribution in [0, 0.1) is 6.55 Å². The summed E-state index contributed by atoms with van der Waals surface area (Å²) >= 11 is 0. The molecule has 0 heterocycles. The van der Waals surface area contributed by atoms with Gasteiger partial charge in [0.1, 0.15) is 0 Å². The van der Waals surface area contributed by atoms with Crippen molar-refractivity contribution < 1.29 is 25.8 Å². The van der Waals surface area contributed by atoms with Crippen LogP contribution in [-0.2, 0) is 25.8 Å². The first kappa shape index (κ1) is 10.1. The van der Waals surface area contributed by atoms with Crippen molar-refractivity contribution >= 4 is 8.07 Å². The second-order valence-electron chi connectivity index (χ2n) is 2.56. The van der Waals surface area contributed by atoms with Gasteiger partial charge in [-0.1, -0.05) is 19.6 Å². The third-order valence-electron chi connectivity index (χ3n) is 0. The van der Waals surface area contributed by atoms with Crippen LogP contribution in [0.4, 0.5) is 0 Å². The maximum atomic E-state index is 3.91. The first-order valence-corrected chi connectivity index (χ1v) is 5.56. The first-order valence-electron chi connectivity index (χ1n) is 1.85. The summed E-state index contributed by atoms with van der Waals surface area (Å²) < 4.78 is 0. The number of hydrogen-bond acceptors (Lipinski definition) is 0. The Morgan fingerprint density at radius 3 is 1.17 bits per heavy atom. The first-order chi connectivity index (χ1) is 2.00. The van der Waals surface area contributed by atoms with Crippen LogP contribution in [0.5, 0.6) is 0 Å². The van der Waals surface area contributed by atoms with Gasteiger partial charge in [-0.25, -0.2) is 0 Å². The molecule has 0 rings (SSSR count). The van der Waals surface area contributed by atoms with Gasteiger partial charge < -0.3 is 6.55 Å². The Balaban J connectivity index is 0. The molecule has 6 heavy (non-hydrogen) atoms. The summed E-state index contributed by atoms with van der Waals surface area (Å²) in [5, 5.41) is 0. The predicted octanol–water partition coefficient (Wildman–Crippen LogP) is 1.70. The van der Waals surface area contributed by atoms with E-state index in [-0.39, 0.29) is 25.8 Å². The van der Waals surface area contributed by atoms with Crippen molar-refractivity contribution in [3.63, 3.8) is 0 Å². The zero-order valence-electron chi connectivity index (χ0n) is 4.78. The van der Waals surface area contributed by atoms with Crippen LogP contribution in [0.2, 0.25) is 19.6 Å². The van der Waals surface area contributed by atoms with Gasteiger partial charge in [-0.15, -0.1) is 8.07 Å². The fourth-order valence-corrected chi connectivity index (χ4v) is 0. The van der Waals surface area contributed by atoms with Gasteiger partial charge in [0.2, 0.25) is 0 Å². The van der Waals surface area contributed by atoms with Crippen molar-refractivity contribution in [2.45, 2.75) is 19.6 Å². The van der Waals surface area contributed by atoms with Crippen molar-refractivity contribution in [1.82, 2.24) is 0 Å². The predicted molar refractivity (Wildman–Crippen MR) is 28.7 cm³/mol. The van der Waals surface area contributed by atoms with Gasteiger partial charge in [0.05, 0.1) is 0 Å². The van der Waals surface area contributed by atoms with Crippen LogP contribution >= 0.6 is 0 Å². The Labute approximate surface area is 60.1 Å². The summed E-state index contributed by atoms with van der Waals surface area (Å²) in [5.74, 6) is 0. The van der Waals surface area contributed by atoms with Crippen LogP contribution in [-0.4, -0.2) is 8.07 Å². The van der Waals surface area contributed by atoms with E-state index in [2.05, 4.69) is 26.2 Å². The second-order valence-corrected chi connectivity index (χ2v) is 7.68. The molecule has 0 N–H and O–H groups in total. The molecule has 0 unspecified atom stereocenters. The normalized spacial score (nSPS) is 10.0. The van der Waals surface area contributed by atoms with E-state index in [1.165, 1.54) is 0 Å². The van der Waals surface area contributed by atoms with Crippen molar-refractivity contribution in [3.8, 4) is 0 Å². The molecule has 0 aliphatic heterocycles. The molecule has 0 aliphatic carbocycles. The average Bonchev–Trinajstić information content (AvgIpc) is 0.722. The van der Waals surface area contributed by atoms with Crippen molar-refractivity contribution in [1.29, 1.82) is 0 Å². The van der Waals surface area contributed by atoms with Crippen LogP contribution < -0.4 is 0 Å². The van der Waals surface area contributed by atoms with E-state index >= 15 is 0 Å². The second kappa shape index (κ2) is 3.14.